The molecular weight excluding hydrogens is 129 g/mol. The minimum Gasteiger partial charge on any atom is -0.316 e. The van der Waals surface area contributed by atoms with Crippen molar-refractivity contribution in [2.45, 2.75) is 25.4 Å². The van der Waals surface area contributed by atoms with E-state index in [9.17, 15) is 4.39 Å². The number of hydrogen-bond donors (Lipinski definition) is 1. The molecule has 0 spiro atoms. The molecule has 2 fully saturated rings. The molecule has 1 saturated heterocycles. The average Bonchev–Trinajstić information content (AvgIpc) is 2.71. The van der Waals surface area contributed by atoms with Crippen molar-refractivity contribution in [3.63, 3.8) is 0 Å². The molecule has 2 aliphatic rings. The molecule has 58 valence electrons. The van der Waals surface area contributed by atoms with Crippen LogP contribution in [0.1, 0.15) is 19.3 Å². The first kappa shape index (κ1) is 6.59. The quantitative estimate of drug-likeness (QED) is 0.584. The van der Waals surface area contributed by atoms with Gasteiger partial charge in [-0.2, -0.15) is 0 Å². The van der Waals surface area contributed by atoms with E-state index in [4.69, 9.17) is 0 Å². The minimum atomic E-state index is -0.506. The molecule has 2 unspecified atom stereocenters. The van der Waals surface area contributed by atoms with Crippen molar-refractivity contribution in [1.82, 2.24) is 5.32 Å². The fourth-order valence-corrected chi connectivity index (χ4v) is 1.84. The second-order valence-corrected chi connectivity index (χ2v) is 3.51. The standard InChI is InChI=1S/C8H14FN/c9-8-3-4-10-5-7(8)6-1-2-6/h6-8,10H,1-5H2. The van der Waals surface area contributed by atoms with Gasteiger partial charge in [0.1, 0.15) is 6.17 Å². The zero-order valence-corrected chi connectivity index (χ0v) is 6.15. The lowest BCUT2D eigenvalue weighted by atomic mass is 9.93. The molecule has 0 bridgehead atoms. The second kappa shape index (κ2) is 2.50. The lowest BCUT2D eigenvalue weighted by Crippen LogP contribution is -2.38. The highest BCUT2D eigenvalue weighted by Crippen LogP contribution is 2.40. The van der Waals surface area contributed by atoms with E-state index >= 15 is 0 Å². The third-order valence-electron chi connectivity index (χ3n) is 2.67. The van der Waals surface area contributed by atoms with E-state index in [0.717, 1.165) is 25.4 Å². The van der Waals surface area contributed by atoms with Crippen LogP contribution in [0.4, 0.5) is 4.39 Å². The Morgan fingerprint density at radius 3 is 2.60 bits per heavy atom. The summed E-state index contributed by atoms with van der Waals surface area (Å²) in [6, 6.07) is 0. The van der Waals surface area contributed by atoms with E-state index in [2.05, 4.69) is 5.32 Å². The fourth-order valence-electron chi connectivity index (χ4n) is 1.84. The molecule has 2 heteroatoms. The smallest absolute Gasteiger partial charge is 0.106 e. The van der Waals surface area contributed by atoms with Crippen LogP contribution in [0.25, 0.3) is 0 Å². The normalized spacial score (nSPS) is 41.7. The van der Waals surface area contributed by atoms with Gasteiger partial charge in [0.25, 0.3) is 0 Å². The van der Waals surface area contributed by atoms with Crippen LogP contribution in [-0.2, 0) is 0 Å². The second-order valence-electron chi connectivity index (χ2n) is 3.51. The molecule has 1 aliphatic carbocycles. The Balaban J connectivity index is 1.90. The van der Waals surface area contributed by atoms with Crippen molar-refractivity contribution < 1.29 is 4.39 Å². The third-order valence-corrected chi connectivity index (χ3v) is 2.67. The summed E-state index contributed by atoms with van der Waals surface area (Å²) in [5.74, 6) is 1.08. The van der Waals surface area contributed by atoms with Gasteiger partial charge in [-0.15, -0.1) is 0 Å². The summed E-state index contributed by atoms with van der Waals surface area (Å²) in [5, 5.41) is 3.25. The first-order chi connectivity index (χ1) is 4.88. The third kappa shape index (κ3) is 1.17. The van der Waals surface area contributed by atoms with Gasteiger partial charge < -0.3 is 5.32 Å². The lowest BCUT2D eigenvalue weighted by Gasteiger charge is -2.26. The Morgan fingerprint density at radius 1 is 1.20 bits per heavy atom. The maximum Gasteiger partial charge on any atom is 0.106 e. The molecule has 0 aromatic carbocycles. The van der Waals surface area contributed by atoms with Gasteiger partial charge in [0.15, 0.2) is 0 Å². The molecule has 10 heavy (non-hydrogen) atoms. The van der Waals surface area contributed by atoms with Gasteiger partial charge in [-0.25, -0.2) is 4.39 Å². The summed E-state index contributed by atoms with van der Waals surface area (Å²) in [6.45, 7) is 1.80. The summed E-state index contributed by atoms with van der Waals surface area (Å²) >= 11 is 0. The predicted octanol–water partition coefficient (Wildman–Crippen LogP) is 1.34. The van der Waals surface area contributed by atoms with Crippen LogP contribution in [-0.4, -0.2) is 19.3 Å². The molecular formula is C8H14FN. The van der Waals surface area contributed by atoms with Gasteiger partial charge >= 0.3 is 0 Å². The summed E-state index contributed by atoms with van der Waals surface area (Å²) < 4.78 is 13.1. The van der Waals surface area contributed by atoms with Crippen LogP contribution in [0, 0.1) is 11.8 Å². The van der Waals surface area contributed by atoms with Crippen molar-refractivity contribution >= 4 is 0 Å². The largest absolute Gasteiger partial charge is 0.316 e. The summed E-state index contributed by atoms with van der Waals surface area (Å²) in [4.78, 5) is 0. The highest BCUT2D eigenvalue weighted by Gasteiger charge is 2.37. The zero-order valence-electron chi connectivity index (χ0n) is 6.15. The molecule has 0 amide bonds. The summed E-state index contributed by atoms with van der Waals surface area (Å²) in [6.07, 6.45) is 2.77. The van der Waals surface area contributed by atoms with Crippen LogP contribution < -0.4 is 5.32 Å². The van der Waals surface area contributed by atoms with E-state index in [1.165, 1.54) is 12.8 Å². The average molecular weight is 143 g/mol. The van der Waals surface area contributed by atoms with Crippen molar-refractivity contribution in [2.75, 3.05) is 13.1 Å². The first-order valence-electron chi connectivity index (χ1n) is 4.22. The van der Waals surface area contributed by atoms with Gasteiger partial charge in [0.2, 0.25) is 0 Å². The summed E-state index contributed by atoms with van der Waals surface area (Å²) in [7, 11) is 0. The van der Waals surface area contributed by atoms with Crippen LogP contribution in [0.15, 0.2) is 0 Å². The van der Waals surface area contributed by atoms with Crippen LogP contribution in [0.3, 0.4) is 0 Å². The molecule has 1 N–H and O–H groups in total. The molecule has 1 aliphatic heterocycles. The van der Waals surface area contributed by atoms with E-state index in [0.29, 0.717) is 5.92 Å². The van der Waals surface area contributed by atoms with Crippen molar-refractivity contribution in [3.8, 4) is 0 Å². The topological polar surface area (TPSA) is 12.0 Å². The van der Waals surface area contributed by atoms with E-state index in [-0.39, 0.29) is 0 Å². The minimum absolute atomic E-state index is 0.355. The Bertz CT molecular complexity index is 122. The van der Waals surface area contributed by atoms with Crippen molar-refractivity contribution in [2.24, 2.45) is 11.8 Å². The Hall–Kier alpha value is -0.110. The number of hydrogen-bond acceptors (Lipinski definition) is 1. The Labute approximate surface area is 61.0 Å². The monoisotopic (exact) mass is 143 g/mol. The van der Waals surface area contributed by atoms with Gasteiger partial charge in [-0.1, -0.05) is 0 Å². The SMILES string of the molecule is FC1CCNCC1C1CC1. The molecule has 1 heterocycles. The molecule has 1 nitrogen and oxygen atoms in total. The van der Waals surface area contributed by atoms with Crippen molar-refractivity contribution in [1.29, 1.82) is 0 Å². The molecule has 1 saturated carbocycles. The van der Waals surface area contributed by atoms with Gasteiger partial charge in [0, 0.05) is 12.5 Å². The number of halogens is 1. The van der Waals surface area contributed by atoms with Crippen LogP contribution in [0.2, 0.25) is 0 Å². The maximum absolute atomic E-state index is 13.1. The van der Waals surface area contributed by atoms with Crippen molar-refractivity contribution in [3.05, 3.63) is 0 Å². The highest BCUT2D eigenvalue weighted by molar-refractivity contribution is 4.89. The fraction of sp³-hybridized carbons (Fsp3) is 1.00. The van der Waals surface area contributed by atoms with Crippen LogP contribution in [0.5, 0.6) is 0 Å². The Kier molecular flexibility index (Phi) is 1.65. The van der Waals surface area contributed by atoms with Gasteiger partial charge in [-0.3, -0.25) is 0 Å². The number of nitrogens with one attached hydrogen (secondary N) is 1. The number of rotatable bonds is 1. The van der Waals surface area contributed by atoms with Gasteiger partial charge in [-0.05, 0) is 31.7 Å². The first-order valence-corrected chi connectivity index (χ1v) is 4.22. The molecule has 0 aromatic rings. The molecule has 2 rings (SSSR count). The molecule has 0 radical (unpaired) electrons. The summed E-state index contributed by atoms with van der Waals surface area (Å²) in [5.41, 5.74) is 0. The van der Waals surface area contributed by atoms with E-state index < -0.39 is 6.17 Å². The predicted molar refractivity (Wildman–Crippen MR) is 38.6 cm³/mol. The molecule has 2 atom stereocenters. The van der Waals surface area contributed by atoms with E-state index in [1.807, 2.05) is 0 Å². The van der Waals surface area contributed by atoms with E-state index in [1.54, 1.807) is 0 Å². The van der Waals surface area contributed by atoms with Gasteiger partial charge in [0.05, 0.1) is 0 Å². The molecule has 0 aromatic heterocycles. The number of piperidine rings is 1. The van der Waals surface area contributed by atoms with Crippen LogP contribution >= 0.6 is 0 Å². The lowest BCUT2D eigenvalue weighted by molar-refractivity contribution is 0.160. The zero-order chi connectivity index (χ0) is 6.97. The number of alkyl halides is 1. The highest BCUT2D eigenvalue weighted by atomic mass is 19.1. The Morgan fingerprint density at radius 2 is 2.00 bits per heavy atom. The maximum atomic E-state index is 13.1.